The highest BCUT2D eigenvalue weighted by Crippen LogP contribution is 2.26. The highest BCUT2D eigenvalue weighted by Gasteiger charge is 2.33. The number of carbonyl (C=O) groups excluding carboxylic acids is 2. The average molecular weight is 433 g/mol. The van der Waals surface area contributed by atoms with Gasteiger partial charge >= 0.3 is 0 Å². The summed E-state index contributed by atoms with van der Waals surface area (Å²) in [5.74, 6) is 0.168. The molecule has 3 rings (SSSR count). The van der Waals surface area contributed by atoms with Gasteiger partial charge in [0.2, 0.25) is 11.8 Å². The molecule has 2 N–H and O–H groups in total. The van der Waals surface area contributed by atoms with Gasteiger partial charge in [0.25, 0.3) is 0 Å². The fraction of sp³-hybridized carbons (Fsp3) is 0.667. The Bertz CT molecular complexity index is 754. The SMILES string of the molecule is CN(CCCC1CC(c2ccc(F)cc2)NN1)C(=O)C1CCN(C(=O)C(C)(C)C)CC1. The lowest BCUT2D eigenvalue weighted by Crippen LogP contribution is -2.47. The molecule has 2 fully saturated rings. The van der Waals surface area contributed by atoms with Crippen LogP contribution >= 0.6 is 0 Å². The molecular formula is C24H37FN4O2. The number of rotatable bonds is 6. The summed E-state index contributed by atoms with van der Waals surface area (Å²) < 4.78 is 13.1. The van der Waals surface area contributed by atoms with Gasteiger partial charge in [0.1, 0.15) is 5.82 Å². The van der Waals surface area contributed by atoms with Crippen molar-refractivity contribution in [2.24, 2.45) is 11.3 Å². The van der Waals surface area contributed by atoms with E-state index < -0.39 is 0 Å². The van der Waals surface area contributed by atoms with Crippen molar-refractivity contribution in [1.29, 1.82) is 0 Å². The molecule has 0 spiro atoms. The minimum atomic E-state index is -0.369. The molecular weight excluding hydrogens is 395 g/mol. The van der Waals surface area contributed by atoms with Crippen LogP contribution in [0.5, 0.6) is 0 Å². The van der Waals surface area contributed by atoms with Gasteiger partial charge in [0.15, 0.2) is 0 Å². The minimum Gasteiger partial charge on any atom is -0.346 e. The van der Waals surface area contributed by atoms with Gasteiger partial charge in [-0.3, -0.25) is 20.4 Å². The van der Waals surface area contributed by atoms with E-state index in [-0.39, 0.29) is 35.0 Å². The lowest BCUT2D eigenvalue weighted by molar-refractivity contribution is -0.144. The first-order valence-corrected chi connectivity index (χ1v) is 11.5. The maximum Gasteiger partial charge on any atom is 0.227 e. The number of nitrogens with one attached hydrogen (secondary N) is 2. The number of hydrazine groups is 1. The second-order valence-corrected chi connectivity index (χ2v) is 10.0. The van der Waals surface area contributed by atoms with Crippen molar-refractivity contribution < 1.29 is 14.0 Å². The minimum absolute atomic E-state index is 0.0168. The first-order chi connectivity index (χ1) is 14.6. The van der Waals surface area contributed by atoms with E-state index in [0.29, 0.717) is 19.1 Å². The first-order valence-electron chi connectivity index (χ1n) is 11.5. The lowest BCUT2D eigenvalue weighted by Gasteiger charge is -2.36. The Morgan fingerprint density at radius 1 is 1.13 bits per heavy atom. The van der Waals surface area contributed by atoms with Crippen molar-refractivity contribution in [2.45, 2.75) is 65.0 Å². The largest absolute Gasteiger partial charge is 0.346 e. The van der Waals surface area contributed by atoms with Gasteiger partial charge in [0.05, 0.1) is 0 Å². The van der Waals surface area contributed by atoms with E-state index in [1.807, 2.05) is 49.8 Å². The van der Waals surface area contributed by atoms with Crippen LogP contribution in [0.25, 0.3) is 0 Å². The maximum absolute atomic E-state index is 13.1. The van der Waals surface area contributed by atoms with E-state index >= 15 is 0 Å². The fourth-order valence-electron chi connectivity index (χ4n) is 4.53. The zero-order valence-electron chi connectivity index (χ0n) is 19.3. The molecule has 1 aromatic carbocycles. The molecule has 0 bridgehead atoms. The molecule has 2 aliphatic heterocycles. The summed E-state index contributed by atoms with van der Waals surface area (Å²) in [5.41, 5.74) is 7.34. The van der Waals surface area contributed by atoms with Crippen LogP contribution in [-0.2, 0) is 9.59 Å². The number of nitrogens with zero attached hydrogens (tertiary/aromatic N) is 2. The van der Waals surface area contributed by atoms with Gasteiger partial charge in [-0.2, -0.15) is 0 Å². The summed E-state index contributed by atoms with van der Waals surface area (Å²) in [6, 6.07) is 7.16. The molecule has 31 heavy (non-hydrogen) atoms. The number of halogens is 1. The van der Waals surface area contributed by atoms with E-state index in [9.17, 15) is 14.0 Å². The third kappa shape index (κ3) is 6.26. The number of carbonyl (C=O) groups is 2. The maximum atomic E-state index is 13.1. The van der Waals surface area contributed by atoms with E-state index in [1.165, 1.54) is 12.1 Å². The smallest absolute Gasteiger partial charge is 0.227 e. The quantitative estimate of drug-likeness (QED) is 0.724. The molecule has 2 aliphatic rings. The van der Waals surface area contributed by atoms with Crippen LogP contribution in [-0.4, -0.2) is 54.3 Å². The second kappa shape index (κ2) is 10.1. The predicted molar refractivity (Wildman–Crippen MR) is 119 cm³/mol. The Hall–Kier alpha value is -1.99. The monoisotopic (exact) mass is 432 g/mol. The fourth-order valence-corrected chi connectivity index (χ4v) is 4.53. The number of benzene rings is 1. The molecule has 0 radical (unpaired) electrons. The van der Waals surface area contributed by atoms with Crippen molar-refractivity contribution in [1.82, 2.24) is 20.7 Å². The predicted octanol–water partition coefficient (Wildman–Crippen LogP) is 3.26. The molecule has 7 heteroatoms. The number of hydrogen-bond acceptors (Lipinski definition) is 4. The highest BCUT2D eigenvalue weighted by molar-refractivity contribution is 5.82. The Kier molecular flexibility index (Phi) is 7.70. The zero-order valence-corrected chi connectivity index (χ0v) is 19.3. The topological polar surface area (TPSA) is 64.7 Å². The normalized spacial score (nSPS) is 22.5. The molecule has 6 nitrogen and oxygen atoms in total. The third-order valence-corrected chi connectivity index (χ3v) is 6.45. The van der Waals surface area contributed by atoms with Crippen LogP contribution in [0.2, 0.25) is 0 Å². The third-order valence-electron chi connectivity index (χ3n) is 6.45. The molecule has 2 saturated heterocycles. The van der Waals surface area contributed by atoms with Crippen LogP contribution in [0.15, 0.2) is 24.3 Å². The number of piperidine rings is 1. The Labute approximate surface area is 185 Å². The summed E-state index contributed by atoms with van der Waals surface area (Å²) in [4.78, 5) is 29.0. The highest BCUT2D eigenvalue weighted by atomic mass is 19.1. The molecule has 2 heterocycles. The summed E-state index contributed by atoms with van der Waals surface area (Å²) >= 11 is 0. The summed E-state index contributed by atoms with van der Waals surface area (Å²) in [6.45, 7) is 7.90. The van der Waals surface area contributed by atoms with Gasteiger partial charge in [-0.15, -0.1) is 0 Å². The van der Waals surface area contributed by atoms with Gasteiger partial charge < -0.3 is 9.80 Å². The standard InChI is InChI=1S/C24H37FN4O2/c1-24(2,3)23(31)29-14-11-18(12-15-29)22(30)28(4)13-5-6-20-16-21(27-26-20)17-7-9-19(25)10-8-17/h7-10,18,20-21,26-27H,5-6,11-16H2,1-4H3. The van der Waals surface area contributed by atoms with Crippen LogP contribution in [0.3, 0.4) is 0 Å². The zero-order chi connectivity index (χ0) is 22.6. The van der Waals surface area contributed by atoms with Crippen molar-refractivity contribution in [3.63, 3.8) is 0 Å². The van der Waals surface area contributed by atoms with E-state index in [2.05, 4.69) is 10.9 Å². The molecule has 0 aromatic heterocycles. The van der Waals surface area contributed by atoms with Crippen LogP contribution < -0.4 is 10.9 Å². The molecule has 1 aromatic rings. The van der Waals surface area contributed by atoms with Gasteiger partial charge in [0, 0.05) is 50.1 Å². The molecule has 0 saturated carbocycles. The van der Waals surface area contributed by atoms with Crippen LogP contribution in [0.1, 0.15) is 64.5 Å². The summed E-state index contributed by atoms with van der Waals surface area (Å²) in [5, 5.41) is 0. The lowest BCUT2D eigenvalue weighted by atomic mass is 9.90. The van der Waals surface area contributed by atoms with E-state index in [4.69, 9.17) is 0 Å². The molecule has 2 unspecified atom stereocenters. The molecule has 0 aliphatic carbocycles. The van der Waals surface area contributed by atoms with Crippen LogP contribution in [0, 0.1) is 17.2 Å². The number of amides is 2. The number of likely N-dealkylation sites (tertiary alicyclic amines) is 1. The van der Waals surface area contributed by atoms with Crippen molar-refractivity contribution >= 4 is 11.8 Å². The van der Waals surface area contributed by atoms with Gasteiger partial charge in [-0.25, -0.2) is 4.39 Å². The Morgan fingerprint density at radius 3 is 2.39 bits per heavy atom. The van der Waals surface area contributed by atoms with Gasteiger partial charge in [-0.05, 0) is 49.8 Å². The van der Waals surface area contributed by atoms with Gasteiger partial charge in [-0.1, -0.05) is 32.9 Å². The number of hydrogen-bond donors (Lipinski definition) is 2. The van der Waals surface area contributed by atoms with E-state index in [1.54, 1.807) is 0 Å². The van der Waals surface area contributed by atoms with E-state index in [0.717, 1.165) is 44.2 Å². The van der Waals surface area contributed by atoms with Crippen molar-refractivity contribution in [3.8, 4) is 0 Å². The Balaban J connectivity index is 1.36. The van der Waals surface area contributed by atoms with Crippen LogP contribution in [0.4, 0.5) is 4.39 Å². The van der Waals surface area contributed by atoms with Crippen molar-refractivity contribution in [2.75, 3.05) is 26.7 Å². The summed E-state index contributed by atoms with van der Waals surface area (Å²) in [7, 11) is 1.89. The average Bonchev–Trinajstić information content (AvgIpc) is 3.21. The first kappa shape index (κ1) is 23.7. The molecule has 2 atom stereocenters. The molecule has 172 valence electrons. The Morgan fingerprint density at radius 2 is 1.77 bits per heavy atom. The second-order valence-electron chi connectivity index (χ2n) is 10.0. The summed E-state index contributed by atoms with van der Waals surface area (Å²) in [6.07, 6.45) is 4.35. The van der Waals surface area contributed by atoms with Crippen molar-refractivity contribution in [3.05, 3.63) is 35.6 Å². The molecule has 2 amide bonds.